The van der Waals surface area contributed by atoms with Gasteiger partial charge in [-0.25, -0.2) is 13.6 Å². The van der Waals surface area contributed by atoms with Gasteiger partial charge in [0.15, 0.2) is 6.61 Å². The van der Waals surface area contributed by atoms with Crippen LogP contribution in [-0.2, 0) is 9.53 Å². The Labute approximate surface area is 171 Å². The number of ether oxygens (including phenoxy) is 2. The molecule has 0 atom stereocenters. The van der Waals surface area contributed by atoms with Crippen LogP contribution in [0.2, 0.25) is 10.0 Å². The second-order valence-electron chi connectivity index (χ2n) is 5.45. The fourth-order valence-corrected chi connectivity index (χ4v) is 4.12. The zero-order valence-electron chi connectivity index (χ0n) is 14.1. The van der Waals surface area contributed by atoms with Gasteiger partial charge in [-0.15, -0.1) is 11.3 Å². The molecule has 28 heavy (non-hydrogen) atoms. The molecular weight excluding hydrogens is 435 g/mol. The second-order valence-corrected chi connectivity index (χ2v) is 7.23. The monoisotopic (exact) mass is 445 g/mol. The van der Waals surface area contributed by atoms with Crippen molar-refractivity contribution < 1.29 is 27.8 Å². The molecule has 0 aliphatic carbocycles. The first-order valence-corrected chi connectivity index (χ1v) is 9.25. The van der Waals surface area contributed by atoms with Crippen LogP contribution < -0.4 is 10.1 Å². The molecule has 0 aliphatic rings. The summed E-state index contributed by atoms with van der Waals surface area (Å²) in [4.78, 5) is 24.2. The summed E-state index contributed by atoms with van der Waals surface area (Å²) in [6.07, 6.45) is 0. The molecule has 0 fully saturated rings. The number of methoxy groups -OCH3 is 1. The van der Waals surface area contributed by atoms with Gasteiger partial charge in [-0.3, -0.25) is 4.79 Å². The van der Waals surface area contributed by atoms with Crippen LogP contribution in [0.3, 0.4) is 0 Å². The van der Waals surface area contributed by atoms with Crippen LogP contribution in [0, 0.1) is 11.6 Å². The van der Waals surface area contributed by atoms with Gasteiger partial charge in [0, 0.05) is 11.5 Å². The standard InChI is InChI=1S/C18H11Cl2F2NO4S/c1-26-12-5-3-9-14(19)17(28-16(9)15(12)20)18(25)27-7-13(24)23-11-4-2-8(21)6-10(11)22/h2-6H,7H2,1H3,(H,23,24). The van der Waals surface area contributed by atoms with E-state index in [9.17, 15) is 18.4 Å². The number of fused-ring (bicyclic) bond motifs is 1. The smallest absolute Gasteiger partial charge is 0.350 e. The van der Waals surface area contributed by atoms with E-state index in [1.165, 1.54) is 7.11 Å². The Morgan fingerprint density at radius 1 is 1.14 bits per heavy atom. The van der Waals surface area contributed by atoms with Crippen molar-refractivity contribution in [3.05, 3.63) is 56.9 Å². The van der Waals surface area contributed by atoms with Crippen LogP contribution >= 0.6 is 34.5 Å². The highest BCUT2D eigenvalue weighted by Gasteiger charge is 2.22. The third-order valence-corrected chi connectivity index (χ3v) is 5.84. The van der Waals surface area contributed by atoms with E-state index in [0.29, 0.717) is 26.9 Å². The summed E-state index contributed by atoms with van der Waals surface area (Å²) in [5.74, 6) is -2.94. The van der Waals surface area contributed by atoms with E-state index >= 15 is 0 Å². The SMILES string of the molecule is COc1ccc2c(Cl)c(C(=O)OCC(=O)Nc3ccc(F)cc3F)sc2c1Cl. The molecule has 2 aromatic carbocycles. The summed E-state index contributed by atoms with van der Waals surface area (Å²) in [7, 11) is 1.46. The van der Waals surface area contributed by atoms with Gasteiger partial charge < -0.3 is 14.8 Å². The molecule has 1 heterocycles. The molecule has 10 heteroatoms. The number of rotatable bonds is 5. The molecule has 3 rings (SSSR count). The number of halogens is 4. The molecule has 5 nitrogen and oxygen atoms in total. The summed E-state index contributed by atoms with van der Waals surface area (Å²) >= 11 is 13.4. The van der Waals surface area contributed by atoms with Crippen molar-refractivity contribution in [2.75, 3.05) is 19.0 Å². The first-order valence-electron chi connectivity index (χ1n) is 7.68. The highest BCUT2D eigenvalue weighted by molar-refractivity contribution is 7.22. The number of amides is 1. The number of benzene rings is 2. The predicted molar refractivity (Wildman–Crippen MR) is 104 cm³/mol. The number of nitrogens with one attached hydrogen (secondary N) is 1. The van der Waals surface area contributed by atoms with Crippen molar-refractivity contribution in [1.82, 2.24) is 0 Å². The van der Waals surface area contributed by atoms with Crippen LogP contribution in [0.4, 0.5) is 14.5 Å². The predicted octanol–water partition coefficient (Wildman–Crippen LogP) is 5.29. The minimum Gasteiger partial charge on any atom is -0.495 e. The molecule has 1 N–H and O–H groups in total. The van der Waals surface area contributed by atoms with Gasteiger partial charge in [0.2, 0.25) is 0 Å². The Bertz CT molecular complexity index is 1090. The van der Waals surface area contributed by atoms with Crippen LogP contribution in [0.1, 0.15) is 9.67 Å². The number of hydrogen-bond donors (Lipinski definition) is 1. The minimum absolute atomic E-state index is 0.0626. The molecule has 146 valence electrons. The summed E-state index contributed by atoms with van der Waals surface area (Å²) in [6.45, 7) is -0.683. The maximum atomic E-state index is 13.5. The van der Waals surface area contributed by atoms with Crippen LogP contribution in [0.5, 0.6) is 5.75 Å². The highest BCUT2D eigenvalue weighted by atomic mass is 35.5. The fraction of sp³-hybridized carbons (Fsp3) is 0.111. The molecule has 0 aliphatic heterocycles. The van der Waals surface area contributed by atoms with Gasteiger partial charge in [0.05, 0.1) is 22.5 Å². The van der Waals surface area contributed by atoms with Crippen LogP contribution in [0.15, 0.2) is 30.3 Å². The number of carbonyl (C=O) groups excluding carboxylic acids is 2. The number of anilines is 1. The van der Waals surface area contributed by atoms with E-state index in [4.69, 9.17) is 32.7 Å². The Hall–Kier alpha value is -2.42. The fourth-order valence-electron chi connectivity index (χ4n) is 2.34. The molecule has 0 bridgehead atoms. The van der Waals surface area contributed by atoms with Crippen molar-refractivity contribution in [3.8, 4) is 5.75 Å². The lowest BCUT2D eigenvalue weighted by molar-refractivity contribution is -0.119. The Morgan fingerprint density at radius 3 is 2.57 bits per heavy atom. The lowest BCUT2D eigenvalue weighted by atomic mass is 10.2. The third kappa shape index (κ3) is 4.04. The molecule has 1 aromatic heterocycles. The third-order valence-electron chi connectivity index (χ3n) is 3.65. The van der Waals surface area contributed by atoms with Crippen molar-refractivity contribution in [2.24, 2.45) is 0 Å². The number of esters is 1. The summed E-state index contributed by atoms with van der Waals surface area (Å²) in [6, 6.07) is 5.93. The Balaban J connectivity index is 1.72. The van der Waals surface area contributed by atoms with E-state index < -0.39 is 30.1 Å². The van der Waals surface area contributed by atoms with Crippen molar-refractivity contribution in [2.45, 2.75) is 0 Å². The molecule has 0 spiro atoms. The average Bonchev–Trinajstić information content (AvgIpc) is 3.00. The van der Waals surface area contributed by atoms with Gasteiger partial charge in [0.25, 0.3) is 5.91 Å². The number of thiophene rings is 1. The first kappa shape index (κ1) is 20.3. The van der Waals surface area contributed by atoms with Gasteiger partial charge in [-0.05, 0) is 24.3 Å². The van der Waals surface area contributed by atoms with E-state index in [-0.39, 0.29) is 15.6 Å². The maximum Gasteiger partial charge on any atom is 0.350 e. The van der Waals surface area contributed by atoms with Crippen molar-refractivity contribution in [3.63, 3.8) is 0 Å². The normalized spacial score (nSPS) is 10.8. The summed E-state index contributed by atoms with van der Waals surface area (Å²) in [5, 5.41) is 3.17. The molecular formula is C18H11Cl2F2NO4S. The lowest BCUT2D eigenvalue weighted by Gasteiger charge is -2.07. The summed E-state index contributed by atoms with van der Waals surface area (Å²) < 4.78 is 37.0. The molecule has 0 saturated carbocycles. The molecule has 0 radical (unpaired) electrons. The van der Waals surface area contributed by atoms with Crippen molar-refractivity contribution in [1.29, 1.82) is 0 Å². The van der Waals surface area contributed by atoms with Crippen LogP contribution in [-0.4, -0.2) is 25.6 Å². The van der Waals surface area contributed by atoms with Gasteiger partial charge >= 0.3 is 5.97 Å². The second kappa shape index (κ2) is 8.30. The zero-order chi connectivity index (χ0) is 20.4. The van der Waals surface area contributed by atoms with Gasteiger partial charge in [-0.1, -0.05) is 23.2 Å². The van der Waals surface area contributed by atoms with Gasteiger partial charge in [-0.2, -0.15) is 0 Å². The van der Waals surface area contributed by atoms with E-state index in [1.807, 2.05) is 0 Å². The zero-order valence-corrected chi connectivity index (χ0v) is 16.5. The first-order chi connectivity index (χ1) is 13.3. The molecule has 1 amide bonds. The van der Waals surface area contributed by atoms with E-state index in [2.05, 4.69) is 5.32 Å². The largest absolute Gasteiger partial charge is 0.495 e. The quantitative estimate of drug-likeness (QED) is 0.541. The maximum absolute atomic E-state index is 13.5. The lowest BCUT2D eigenvalue weighted by Crippen LogP contribution is -2.21. The highest BCUT2D eigenvalue weighted by Crippen LogP contribution is 2.43. The Kier molecular flexibility index (Phi) is 6.02. The Morgan fingerprint density at radius 2 is 1.89 bits per heavy atom. The number of carbonyl (C=O) groups is 2. The average molecular weight is 446 g/mol. The van der Waals surface area contributed by atoms with Gasteiger partial charge in [0.1, 0.15) is 27.3 Å². The molecule has 0 unspecified atom stereocenters. The molecule has 0 saturated heterocycles. The van der Waals surface area contributed by atoms with Crippen molar-refractivity contribution >= 4 is 62.2 Å². The van der Waals surface area contributed by atoms with Crippen LogP contribution in [0.25, 0.3) is 10.1 Å². The summed E-state index contributed by atoms with van der Waals surface area (Å²) in [5.41, 5.74) is -0.235. The van der Waals surface area contributed by atoms with E-state index in [1.54, 1.807) is 12.1 Å². The number of hydrogen-bond acceptors (Lipinski definition) is 5. The van der Waals surface area contributed by atoms with E-state index in [0.717, 1.165) is 23.5 Å². The molecule has 3 aromatic rings. The minimum atomic E-state index is -0.948. The topological polar surface area (TPSA) is 64.6 Å².